The zero-order valence-corrected chi connectivity index (χ0v) is 14.8. The van der Waals surface area contributed by atoms with E-state index in [1.165, 1.54) is 24.3 Å². The molecule has 0 radical (unpaired) electrons. The fraction of sp³-hybridized carbons (Fsp3) is 0.471. The molecule has 3 aromatic rings. The van der Waals surface area contributed by atoms with E-state index < -0.39 is 0 Å². The van der Waals surface area contributed by atoms with Gasteiger partial charge in [-0.25, -0.2) is 0 Å². The summed E-state index contributed by atoms with van der Waals surface area (Å²) < 4.78 is 1.78. The van der Waals surface area contributed by atoms with E-state index in [1.807, 2.05) is 30.4 Å². The van der Waals surface area contributed by atoms with Gasteiger partial charge in [-0.2, -0.15) is 4.52 Å². The molecule has 24 heavy (non-hydrogen) atoms. The fourth-order valence-corrected chi connectivity index (χ4v) is 4.59. The number of rotatable bonds is 4. The predicted octanol–water partition coefficient (Wildman–Crippen LogP) is 2.99. The number of hydrogen-bond donors (Lipinski definition) is 1. The van der Waals surface area contributed by atoms with Crippen molar-refractivity contribution in [1.82, 2.24) is 24.7 Å². The molecule has 0 spiro atoms. The van der Waals surface area contributed by atoms with Crippen LogP contribution in [0.4, 0.5) is 5.82 Å². The number of anilines is 1. The summed E-state index contributed by atoms with van der Waals surface area (Å²) in [4.78, 5) is 3.95. The highest BCUT2D eigenvalue weighted by molar-refractivity contribution is 7.10. The van der Waals surface area contributed by atoms with Crippen molar-refractivity contribution in [2.24, 2.45) is 5.92 Å². The Morgan fingerprint density at radius 2 is 2.21 bits per heavy atom. The summed E-state index contributed by atoms with van der Waals surface area (Å²) in [6.07, 6.45) is 2.50. The summed E-state index contributed by atoms with van der Waals surface area (Å²) in [5, 5.41) is 18.4. The molecular weight excluding hydrogens is 320 g/mol. The van der Waals surface area contributed by atoms with Gasteiger partial charge >= 0.3 is 0 Å². The minimum absolute atomic E-state index is 0.492. The van der Waals surface area contributed by atoms with Crippen LogP contribution in [0.2, 0.25) is 0 Å². The van der Waals surface area contributed by atoms with Gasteiger partial charge in [-0.05, 0) is 62.9 Å². The monoisotopic (exact) mass is 342 g/mol. The minimum Gasteiger partial charge on any atom is -0.368 e. The van der Waals surface area contributed by atoms with Crippen LogP contribution in [0.3, 0.4) is 0 Å². The summed E-state index contributed by atoms with van der Waals surface area (Å²) in [6, 6.07) is 8.84. The maximum atomic E-state index is 4.60. The lowest BCUT2D eigenvalue weighted by molar-refractivity contribution is 0.130. The number of piperidine rings is 1. The average molecular weight is 342 g/mol. The molecule has 2 atom stereocenters. The van der Waals surface area contributed by atoms with Crippen LogP contribution in [0.1, 0.15) is 29.6 Å². The van der Waals surface area contributed by atoms with Gasteiger partial charge in [0.05, 0.1) is 0 Å². The summed E-state index contributed by atoms with van der Waals surface area (Å²) in [5.41, 5.74) is 0.784. The van der Waals surface area contributed by atoms with E-state index in [4.69, 9.17) is 0 Å². The molecule has 4 rings (SSSR count). The smallest absolute Gasteiger partial charge is 0.178 e. The van der Waals surface area contributed by atoms with Crippen molar-refractivity contribution in [1.29, 1.82) is 0 Å². The number of hydrogen-bond acceptors (Lipinski definition) is 6. The van der Waals surface area contributed by atoms with Gasteiger partial charge in [0.2, 0.25) is 0 Å². The summed E-state index contributed by atoms with van der Waals surface area (Å²) in [5.74, 6) is 2.27. The Hall–Kier alpha value is -1.99. The first-order valence-corrected chi connectivity index (χ1v) is 9.27. The second-order valence-electron chi connectivity index (χ2n) is 6.46. The van der Waals surface area contributed by atoms with Gasteiger partial charge in [0.15, 0.2) is 11.5 Å². The normalized spacial score (nSPS) is 22.1. The van der Waals surface area contributed by atoms with E-state index in [2.05, 4.69) is 50.1 Å². The molecule has 1 fully saturated rings. The van der Waals surface area contributed by atoms with E-state index in [0.717, 1.165) is 23.8 Å². The maximum absolute atomic E-state index is 4.60. The van der Waals surface area contributed by atoms with Gasteiger partial charge in [-0.3, -0.25) is 4.90 Å². The Kier molecular flexibility index (Phi) is 4.20. The van der Waals surface area contributed by atoms with Crippen LogP contribution < -0.4 is 5.32 Å². The van der Waals surface area contributed by atoms with Crippen LogP contribution in [0.5, 0.6) is 0 Å². The number of nitrogens with one attached hydrogen (secondary N) is 1. The lowest BCUT2D eigenvalue weighted by atomic mass is 9.88. The van der Waals surface area contributed by atoms with E-state index in [0.29, 0.717) is 12.0 Å². The highest BCUT2D eigenvalue weighted by Gasteiger charge is 2.31. The molecule has 1 N–H and O–H groups in total. The van der Waals surface area contributed by atoms with Crippen LogP contribution in [0, 0.1) is 12.8 Å². The molecule has 0 unspecified atom stereocenters. The average Bonchev–Trinajstić information content (AvgIpc) is 3.23. The third kappa shape index (κ3) is 2.89. The number of aromatic nitrogens is 4. The Labute approximate surface area is 145 Å². The molecule has 6 nitrogen and oxygen atoms in total. The molecule has 0 aromatic carbocycles. The third-order valence-electron chi connectivity index (χ3n) is 4.81. The molecule has 0 amide bonds. The van der Waals surface area contributed by atoms with E-state index >= 15 is 0 Å². The molecule has 3 aromatic heterocycles. The van der Waals surface area contributed by atoms with E-state index in [-0.39, 0.29) is 0 Å². The quantitative estimate of drug-likeness (QED) is 0.790. The van der Waals surface area contributed by atoms with Gasteiger partial charge in [0.1, 0.15) is 5.82 Å². The number of nitrogens with zero attached hydrogens (tertiary/aromatic N) is 5. The third-order valence-corrected chi connectivity index (χ3v) is 5.75. The van der Waals surface area contributed by atoms with Crippen LogP contribution in [-0.2, 0) is 0 Å². The molecule has 0 bridgehead atoms. The topological polar surface area (TPSA) is 58.4 Å². The van der Waals surface area contributed by atoms with Crippen molar-refractivity contribution in [3.63, 3.8) is 0 Å². The largest absolute Gasteiger partial charge is 0.368 e. The van der Waals surface area contributed by atoms with Gasteiger partial charge < -0.3 is 5.32 Å². The van der Waals surface area contributed by atoms with Gasteiger partial charge in [-0.1, -0.05) is 6.07 Å². The first-order valence-electron chi connectivity index (χ1n) is 8.39. The van der Waals surface area contributed by atoms with Crippen molar-refractivity contribution in [2.75, 3.05) is 25.5 Å². The lowest BCUT2D eigenvalue weighted by Crippen LogP contribution is -2.38. The number of aryl methyl sites for hydroxylation is 1. The molecule has 126 valence electrons. The first-order chi connectivity index (χ1) is 11.7. The number of thiophene rings is 1. The molecule has 0 saturated carbocycles. The van der Waals surface area contributed by atoms with Gasteiger partial charge in [0, 0.05) is 17.5 Å². The molecule has 4 heterocycles. The van der Waals surface area contributed by atoms with Crippen LogP contribution in [0.15, 0.2) is 29.6 Å². The Bertz CT molecular complexity index is 812. The molecule has 1 saturated heterocycles. The van der Waals surface area contributed by atoms with E-state index in [1.54, 1.807) is 4.52 Å². The Balaban J connectivity index is 1.51. The Morgan fingerprint density at radius 3 is 3.04 bits per heavy atom. The summed E-state index contributed by atoms with van der Waals surface area (Å²) in [6.45, 7) is 4.01. The van der Waals surface area contributed by atoms with Crippen molar-refractivity contribution in [3.8, 4) is 0 Å². The standard InChI is InChI=1S/C17H22N6S/c1-12-19-20-16-8-7-15(21-23(12)16)18-11-13-5-3-9-22(2)17(13)14-6-4-10-24-14/h4,6-8,10,13,17H,3,5,9,11H2,1-2H3,(H,18,21)/t13-,17+/m1/s1. The molecule has 1 aliphatic heterocycles. The van der Waals surface area contributed by atoms with Crippen molar-refractivity contribution >= 4 is 22.8 Å². The van der Waals surface area contributed by atoms with Crippen LogP contribution in [-0.4, -0.2) is 44.8 Å². The van der Waals surface area contributed by atoms with Crippen LogP contribution in [0.25, 0.3) is 5.65 Å². The zero-order chi connectivity index (χ0) is 16.5. The molecule has 0 aliphatic carbocycles. The SMILES string of the molecule is Cc1nnc2ccc(NC[C@H]3CCCN(C)[C@@H]3c3cccs3)nn12. The maximum Gasteiger partial charge on any atom is 0.178 e. The fourth-order valence-electron chi connectivity index (χ4n) is 3.61. The van der Waals surface area contributed by atoms with Crippen LogP contribution >= 0.6 is 11.3 Å². The Morgan fingerprint density at radius 1 is 1.29 bits per heavy atom. The number of fused-ring (bicyclic) bond motifs is 1. The summed E-state index contributed by atoms with van der Waals surface area (Å²) >= 11 is 1.86. The summed E-state index contributed by atoms with van der Waals surface area (Å²) in [7, 11) is 2.24. The molecule has 1 aliphatic rings. The molecule has 7 heteroatoms. The van der Waals surface area contributed by atoms with Crippen molar-refractivity contribution < 1.29 is 0 Å². The lowest BCUT2D eigenvalue weighted by Gasteiger charge is -2.39. The number of likely N-dealkylation sites (tertiary alicyclic amines) is 1. The van der Waals surface area contributed by atoms with Gasteiger partial charge in [0.25, 0.3) is 0 Å². The zero-order valence-electron chi connectivity index (χ0n) is 14.0. The molecular formula is C17H22N6S. The first kappa shape index (κ1) is 15.5. The second kappa shape index (κ2) is 6.49. The van der Waals surface area contributed by atoms with Crippen molar-refractivity contribution in [2.45, 2.75) is 25.8 Å². The van der Waals surface area contributed by atoms with Gasteiger partial charge in [-0.15, -0.1) is 26.6 Å². The predicted molar refractivity (Wildman–Crippen MR) is 96.4 cm³/mol. The highest BCUT2D eigenvalue weighted by atomic mass is 32.1. The van der Waals surface area contributed by atoms with E-state index in [9.17, 15) is 0 Å². The minimum atomic E-state index is 0.492. The van der Waals surface area contributed by atoms with Crippen molar-refractivity contribution in [3.05, 3.63) is 40.3 Å². The second-order valence-corrected chi connectivity index (χ2v) is 7.44. The highest BCUT2D eigenvalue weighted by Crippen LogP contribution is 2.37.